The van der Waals surface area contributed by atoms with Crippen LogP contribution in [-0.2, 0) is 20.9 Å². The van der Waals surface area contributed by atoms with Crippen LogP contribution in [0.15, 0.2) is 65.2 Å². The Kier molecular flexibility index (Phi) is 7.91. The van der Waals surface area contributed by atoms with Crippen molar-refractivity contribution in [1.82, 2.24) is 5.32 Å². The van der Waals surface area contributed by atoms with Gasteiger partial charge in [-0.2, -0.15) is 10.5 Å². The van der Waals surface area contributed by atoms with Crippen molar-refractivity contribution in [3.05, 3.63) is 76.3 Å². The van der Waals surface area contributed by atoms with Crippen molar-refractivity contribution < 1.29 is 19.1 Å². The van der Waals surface area contributed by atoms with Crippen LogP contribution in [0.5, 0.6) is 5.75 Å². The van der Waals surface area contributed by atoms with E-state index < -0.39 is 23.7 Å². The summed E-state index contributed by atoms with van der Waals surface area (Å²) in [5.41, 5.74) is 1.65. The number of esters is 1. The number of amides is 1. The van der Waals surface area contributed by atoms with Crippen molar-refractivity contribution in [3.8, 4) is 17.9 Å². The van der Waals surface area contributed by atoms with Gasteiger partial charge in [0.15, 0.2) is 0 Å². The molecule has 32 heavy (non-hydrogen) atoms. The zero-order valence-electron chi connectivity index (χ0n) is 17.4. The van der Waals surface area contributed by atoms with Gasteiger partial charge in [-0.05, 0) is 18.6 Å². The smallest absolute Gasteiger partial charge is 0.316 e. The van der Waals surface area contributed by atoms with E-state index in [2.05, 4.69) is 11.4 Å². The lowest BCUT2D eigenvalue weighted by Gasteiger charge is -2.29. The van der Waals surface area contributed by atoms with Gasteiger partial charge in [-0.25, -0.2) is 0 Å². The van der Waals surface area contributed by atoms with Gasteiger partial charge in [0.2, 0.25) is 5.91 Å². The van der Waals surface area contributed by atoms with Crippen molar-refractivity contribution in [1.29, 1.82) is 10.5 Å². The molecule has 2 atom stereocenters. The number of allylic oxidation sites excluding steroid dienone is 1. The summed E-state index contributed by atoms with van der Waals surface area (Å²) in [6.45, 7) is 2.36. The Morgan fingerprint density at radius 2 is 1.84 bits per heavy atom. The van der Waals surface area contributed by atoms with Gasteiger partial charge >= 0.3 is 5.97 Å². The molecule has 0 saturated heterocycles. The van der Waals surface area contributed by atoms with E-state index >= 15 is 0 Å². The third kappa shape index (κ3) is 5.29. The van der Waals surface area contributed by atoms with Crippen LogP contribution in [0, 0.1) is 28.6 Å². The summed E-state index contributed by atoms with van der Waals surface area (Å²) in [4.78, 5) is 24.9. The molecule has 162 valence electrons. The number of nitrogens with zero attached hydrogens (tertiary/aromatic N) is 2. The van der Waals surface area contributed by atoms with Crippen LogP contribution in [0.1, 0.15) is 24.0 Å². The highest BCUT2D eigenvalue weighted by Gasteiger charge is 2.40. The number of rotatable bonds is 8. The number of hydrogen-bond acceptors (Lipinski definition) is 7. The van der Waals surface area contributed by atoms with E-state index in [1.54, 1.807) is 24.3 Å². The van der Waals surface area contributed by atoms with Crippen molar-refractivity contribution >= 4 is 23.6 Å². The number of carbonyl (C=O) groups excluding carboxylic acids is 2. The zero-order chi connectivity index (χ0) is 22.9. The Morgan fingerprint density at radius 1 is 1.12 bits per heavy atom. The molecule has 1 aliphatic heterocycles. The molecule has 0 bridgehead atoms. The fourth-order valence-electron chi connectivity index (χ4n) is 3.35. The maximum absolute atomic E-state index is 12.7. The number of ether oxygens (including phenoxy) is 2. The zero-order valence-corrected chi connectivity index (χ0v) is 18.2. The third-order valence-corrected chi connectivity index (χ3v) is 5.79. The number of benzene rings is 2. The molecule has 1 aliphatic rings. The predicted molar refractivity (Wildman–Crippen MR) is 119 cm³/mol. The minimum absolute atomic E-state index is 0.0926. The van der Waals surface area contributed by atoms with Crippen LogP contribution in [0.2, 0.25) is 0 Å². The summed E-state index contributed by atoms with van der Waals surface area (Å²) in [6.07, 6.45) is 0. The molecule has 0 spiro atoms. The lowest BCUT2D eigenvalue weighted by Crippen LogP contribution is -2.39. The number of nitriles is 2. The monoisotopic (exact) mass is 447 g/mol. The molecule has 1 amide bonds. The fraction of sp³-hybridized carbons (Fsp3) is 0.250. The Hall–Kier alpha value is -3.75. The molecule has 0 aliphatic carbocycles. The normalized spacial score (nSPS) is 17.7. The SMILES string of the molecule is CCOc1ccccc1[C@@H]1C(C#N)=C(SCC(=O)OCc2ccccc2)NC(=O)[C@H]1C#N. The van der Waals surface area contributed by atoms with Crippen molar-refractivity contribution in [2.75, 3.05) is 12.4 Å². The maximum Gasteiger partial charge on any atom is 0.316 e. The van der Waals surface area contributed by atoms with Gasteiger partial charge in [0.05, 0.1) is 41.0 Å². The van der Waals surface area contributed by atoms with Crippen LogP contribution < -0.4 is 10.1 Å². The second kappa shape index (κ2) is 11.0. The van der Waals surface area contributed by atoms with E-state index in [4.69, 9.17) is 9.47 Å². The van der Waals surface area contributed by atoms with Gasteiger partial charge in [-0.15, -0.1) is 0 Å². The molecule has 0 radical (unpaired) electrons. The number of nitrogens with one attached hydrogen (secondary N) is 1. The highest BCUT2D eigenvalue weighted by molar-refractivity contribution is 8.03. The first-order valence-electron chi connectivity index (χ1n) is 9.97. The maximum atomic E-state index is 12.7. The molecule has 0 unspecified atom stereocenters. The Bertz CT molecular complexity index is 1100. The summed E-state index contributed by atoms with van der Waals surface area (Å²) < 4.78 is 10.9. The van der Waals surface area contributed by atoms with Gasteiger partial charge < -0.3 is 14.8 Å². The number of thioether (sulfide) groups is 1. The average Bonchev–Trinajstić information content (AvgIpc) is 2.82. The minimum Gasteiger partial charge on any atom is -0.494 e. The lowest BCUT2D eigenvalue weighted by atomic mass is 9.79. The minimum atomic E-state index is -1.10. The van der Waals surface area contributed by atoms with Gasteiger partial charge in [0, 0.05) is 5.56 Å². The van der Waals surface area contributed by atoms with Gasteiger partial charge in [-0.1, -0.05) is 60.3 Å². The number of carbonyl (C=O) groups is 2. The topological polar surface area (TPSA) is 112 Å². The van der Waals surface area contributed by atoms with Gasteiger partial charge in [0.1, 0.15) is 18.3 Å². The second-order valence-electron chi connectivity index (χ2n) is 6.83. The first-order valence-corrected chi connectivity index (χ1v) is 11.0. The summed E-state index contributed by atoms with van der Waals surface area (Å²) in [6, 6.07) is 20.4. The molecule has 8 heteroatoms. The van der Waals surface area contributed by atoms with Crippen molar-refractivity contribution in [2.45, 2.75) is 19.4 Å². The van der Waals surface area contributed by atoms with Crippen LogP contribution in [0.3, 0.4) is 0 Å². The molecule has 7 nitrogen and oxygen atoms in total. The molecular weight excluding hydrogens is 426 g/mol. The summed E-state index contributed by atoms with van der Waals surface area (Å²) in [5, 5.41) is 22.4. The van der Waals surface area contributed by atoms with Crippen LogP contribution in [0.25, 0.3) is 0 Å². The summed E-state index contributed by atoms with van der Waals surface area (Å²) in [7, 11) is 0. The van der Waals surface area contributed by atoms with E-state index in [0.29, 0.717) is 17.9 Å². The number of para-hydroxylation sites is 1. The molecule has 0 fully saturated rings. The standard InChI is InChI=1S/C24H21N3O4S/c1-2-30-20-11-7-6-10-17(20)22-18(12-25)23(29)27-24(19(22)13-26)32-15-21(28)31-14-16-8-4-3-5-9-16/h3-11,18,22H,2,14-15H2,1H3,(H,27,29)/t18-,22-/m0/s1. The molecular formula is C24H21N3O4S. The highest BCUT2D eigenvalue weighted by Crippen LogP contribution is 2.42. The molecule has 0 saturated carbocycles. The van der Waals surface area contributed by atoms with E-state index in [0.717, 1.165) is 17.3 Å². The summed E-state index contributed by atoms with van der Waals surface area (Å²) >= 11 is 1.01. The molecule has 3 rings (SSSR count). The van der Waals surface area contributed by atoms with E-state index in [-0.39, 0.29) is 23.0 Å². The molecule has 2 aromatic rings. The molecule has 1 N–H and O–H groups in total. The lowest BCUT2D eigenvalue weighted by molar-refractivity contribution is -0.141. The van der Waals surface area contributed by atoms with Gasteiger partial charge in [0.25, 0.3) is 0 Å². The Labute approximate surface area is 190 Å². The quantitative estimate of drug-likeness (QED) is 0.615. The van der Waals surface area contributed by atoms with E-state index in [1.807, 2.05) is 43.3 Å². The second-order valence-corrected chi connectivity index (χ2v) is 7.82. The van der Waals surface area contributed by atoms with Crippen LogP contribution >= 0.6 is 11.8 Å². The van der Waals surface area contributed by atoms with Crippen LogP contribution in [0.4, 0.5) is 0 Å². The van der Waals surface area contributed by atoms with Crippen LogP contribution in [-0.4, -0.2) is 24.2 Å². The molecule has 0 aromatic heterocycles. The predicted octanol–water partition coefficient (Wildman–Crippen LogP) is 3.65. The number of hydrogen-bond donors (Lipinski definition) is 1. The third-order valence-electron chi connectivity index (χ3n) is 4.80. The fourth-order valence-corrected chi connectivity index (χ4v) is 4.20. The highest BCUT2D eigenvalue weighted by atomic mass is 32.2. The van der Waals surface area contributed by atoms with Gasteiger partial charge in [-0.3, -0.25) is 9.59 Å². The van der Waals surface area contributed by atoms with Crippen molar-refractivity contribution in [2.24, 2.45) is 5.92 Å². The van der Waals surface area contributed by atoms with E-state index in [9.17, 15) is 20.1 Å². The molecule has 1 heterocycles. The Morgan fingerprint density at radius 3 is 2.53 bits per heavy atom. The Balaban J connectivity index is 1.83. The van der Waals surface area contributed by atoms with E-state index in [1.165, 1.54) is 0 Å². The summed E-state index contributed by atoms with van der Waals surface area (Å²) in [5.74, 6) is -2.49. The molecule has 2 aromatic carbocycles. The largest absolute Gasteiger partial charge is 0.494 e. The first kappa shape index (κ1) is 22.9. The first-order chi connectivity index (χ1) is 15.6. The average molecular weight is 448 g/mol. The van der Waals surface area contributed by atoms with Crippen molar-refractivity contribution in [3.63, 3.8) is 0 Å².